The Balaban J connectivity index is 2.33. The molecule has 1 aliphatic carbocycles. The molecule has 1 rings (SSSR count). The van der Waals surface area contributed by atoms with Gasteiger partial charge in [0.25, 0.3) is 0 Å². The van der Waals surface area contributed by atoms with Gasteiger partial charge in [-0.1, -0.05) is 6.92 Å². The Morgan fingerprint density at radius 1 is 1.40 bits per heavy atom. The lowest BCUT2D eigenvalue weighted by Gasteiger charge is -2.18. The zero-order chi connectivity index (χ0) is 15.0. The molecule has 7 heteroatoms. The predicted molar refractivity (Wildman–Crippen MR) is 85.6 cm³/mol. The van der Waals surface area contributed by atoms with Gasteiger partial charge in [0.1, 0.15) is 6.04 Å². The second-order valence-corrected chi connectivity index (χ2v) is 7.44. The van der Waals surface area contributed by atoms with Crippen LogP contribution in [0.4, 0.5) is 4.79 Å². The summed E-state index contributed by atoms with van der Waals surface area (Å²) in [5.41, 5.74) is 0. The van der Waals surface area contributed by atoms with Crippen molar-refractivity contribution in [3.05, 3.63) is 0 Å². The fraction of sp³-hybridized carbons (Fsp3) is 0.846. The number of nitrogens with one attached hydrogen (secondary N) is 2. The highest BCUT2D eigenvalue weighted by Crippen LogP contribution is 2.29. The average molecular weight is 320 g/mol. The van der Waals surface area contributed by atoms with Crippen LogP contribution >= 0.6 is 23.5 Å². The summed E-state index contributed by atoms with van der Waals surface area (Å²) in [7, 11) is 0. The third kappa shape index (κ3) is 6.26. The minimum absolute atomic E-state index is 0.175. The van der Waals surface area contributed by atoms with Crippen LogP contribution in [0, 0.1) is 0 Å². The number of carboxylic acids is 1. The molecule has 1 saturated carbocycles. The molecule has 5 nitrogen and oxygen atoms in total. The van der Waals surface area contributed by atoms with Gasteiger partial charge in [-0.25, -0.2) is 9.59 Å². The molecule has 0 spiro atoms. The van der Waals surface area contributed by atoms with E-state index in [1.165, 1.54) is 0 Å². The van der Waals surface area contributed by atoms with Crippen LogP contribution in [0.15, 0.2) is 0 Å². The third-order valence-corrected chi connectivity index (χ3v) is 5.21. The summed E-state index contributed by atoms with van der Waals surface area (Å²) >= 11 is 3.51. The second kappa shape index (κ2) is 9.39. The maximum Gasteiger partial charge on any atom is 0.326 e. The lowest BCUT2D eigenvalue weighted by atomic mass is 10.2. The van der Waals surface area contributed by atoms with Gasteiger partial charge in [-0.15, -0.1) is 0 Å². The molecule has 3 N–H and O–H groups in total. The molecule has 1 aliphatic rings. The Bertz CT molecular complexity index is 329. The first-order chi connectivity index (χ1) is 9.56. The Labute approximate surface area is 129 Å². The molecule has 0 heterocycles. The number of carbonyl (C=O) groups is 2. The first kappa shape index (κ1) is 17.5. The van der Waals surface area contributed by atoms with Crippen LogP contribution in [0.5, 0.6) is 0 Å². The topological polar surface area (TPSA) is 78.4 Å². The maximum atomic E-state index is 11.8. The van der Waals surface area contributed by atoms with E-state index in [4.69, 9.17) is 5.11 Å². The Morgan fingerprint density at radius 2 is 2.15 bits per heavy atom. The molecule has 3 atom stereocenters. The first-order valence-electron chi connectivity index (χ1n) is 6.97. The maximum absolute atomic E-state index is 11.8. The van der Waals surface area contributed by atoms with E-state index in [0.717, 1.165) is 30.8 Å². The zero-order valence-electron chi connectivity index (χ0n) is 12.1. The van der Waals surface area contributed by atoms with E-state index in [2.05, 4.69) is 17.6 Å². The van der Waals surface area contributed by atoms with E-state index in [1.54, 1.807) is 11.8 Å². The number of amides is 2. The number of rotatable bonds is 8. The Hall–Kier alpha value is -0.560. The van der Waals surface area contributed by atoms with Crippen LogP contribution in [0.2, 0.25) is 0 Å². The van der Waals surface area contributed by atoms with Gasteiger partial charge in [0.05, 0.1) is 0 Å². The Kier molecular flexibility index (Phi) is 8.21. The van der Waals surface area contributed by atoms with E-state index in [1.807, 2.05) is 18.0 Å². The van der Waals surface area contributed by atoms with Gasteiger partial charge in [0.2, 0.25) is 0 Å². The highest BCUT2D eigenvalue weighted by atomic mass is 32.2. The van der Waals surface area contributed by atoms with Gasteiger partial charge < -0.3 is 15.7 Å². The van der Waals surface area contributed by atoms with Gasteiger partial charge in [-0.05, 0) is 43.4 Å². The number of aliphatic carboxylic acids is 1. The first-order valence-corrected chi connectivity index (χ1v) is 9.41. The van der Waals surface area contributed by atoms with Crippen molar-refractivity contribution in [3.8, 4) is 0 Å². The smallest absolute Gasteiger partial charge is 0.326 e. The van der Waals surface area contributed by atoms with E-state index < -0.39 is 12.0 Å². The molecule has 0 radical (unpaired) electrons. The minimum atomic E-state index is -0.972. The molecule has 116 valence electrons. The van der Waals surface area contributed by atoms with Crippen molar-refractivity contribution in [3.63, 3.8) is 0 Å². The molecule has 0 saturated heterocycles. The fourth-order valence-electron chi connectivity index (χ4n) is 2.34. The van der Waals surface area contributed by atoms with E-state index >= 15 is 0 Å². The summed E-state index contributed by atoms with van der Waals surface area (Å²) < 4.78 is 0. The van der Waals surface area contributed by atoms with Crippen molar-refractivity contribution >= 4 is 35.5 Å². The second-order valence-electron chi connectivity index (χ2n) is 4.88. The number of thioether (sulfide) groups is 2. The summed E-state index contributed by atoms with van der Waals surface area (Å²) in [5.74, 6) is 0.843. The number of hydrogen-bond donors (Lipinski definition) is 3. The summed E-state index contributed by atoms with van der Waals surface area (Å²) in [4.78, 5) is 22.9. The van der Waals surface area contributed by atoms with Crippen molar-refractivity contribution in [1.82, 2.24) is 10.6 Å². The van der Waals surface area contributed by atoms with E-state index in [9.17, 15) is 9.59 Å². The molecule has 0 aromatic carbocycles. The van der Waals surface area contributed by atoms with E-state index in [0.29, 0.717) is 11.7 Å². The van der Waals surface area contributed by atoms with Crippen LogP contribution in [0.3, 0.4) is 0 Å². The van der Waals surface area contributed by atoms with Crippen LogP contribution < -0.4 is 10.6 Å². The molecular formula is C13H24N2O3S2. The van der Waals surface area contributed by atoms with E-state index in [-0.39, 0.29) is 12.1 Å². The monoisotopic (exact) mass is 320 g/mol. The molecule has 20 heavy (non-hydrogen) atoms. The summed E-state index contributed by atoms with van der Waals surface area (Å²) in [6.45, 7) is 2.14. The predicted octanol–water partition coefficient (Wildman–Crippen LogP) is 2.17. The molecule has 0 aromatic heterocycles. The average Bonchev–Trinajstić information content (AvgIpc) is 2.82. The minimum Gasteiger partial charge on any atom is -0.480 e. The van der Waals surface area contributed by atoms with Gasteiger partial charge in [0.15, 0.2) is 0 Å². The molecule has 1 fully saturated rings. The molecule has 0 aromatic rings. The SMILES string of the molecule is CCSC1CCC(NC(=O)NC(CCSC)C(=O)O)C1. The van der Waals surface area contributed by atoms with Crippen molar-refractivity contribution in [1.29, 1.82) is 0 Å². The fourth-order valence-corrected chi connectivity index (χ4v) is 3.95. The lowest BCUT2D eigenvalue weighted by Crippen LogP contribution is -2.48. The van der Waals surface area contributed by atoms with Gasteiger partial charge in [-0.3, -0.25) is 0 Å². The molecule has 0 aliphatic heterocycles. The number of hydrogen-bond acceptors (Lipinski definition) is 4. The Morgan fingerprint density at radius 3 is 2.75 bits per heavy atom. The largest absolute Gasteiger partial charge is 0.480 e. The van der Waals surface area contributed by atoms with Crippen LogP contribution in [0.1, 0.15) is 32.6 Å². The van der Waals surface area contributed by atoms with Gasteiger partial charge in [0, 0.05) is 11.3 Å². The molecule has 2 amide bonds. The van der Waals surface area contributed by atoms with Crippen molar-refractivity contribution in [2.45, 2.75) is 49.9 Å². The normalized spacial score (nSPS) is 23.3. The van der Waals surface area contributed by atoms with Gasteiger partial charge >= 0.3 is 12.0 Å². The van der Waals surface area contributed by atoms with Crippen molar-refractivity contribution in [2.75, 3.05) is 17.8 Å². The highest BCUT2D eigenvalue weighted by Gasteiger charge is 2.27. The number of carbonyl (C=O) groups excluding carboxylic acids is 1. The third-order valence-electron chi connectivity index (χ3n) is 3.34. The van der Waals surface area contributed by atoms with Gasteiger partial charge in [-0.2, -0.15) is 23.5 Å². The van der Waals surface area contributed by atoms with Crippen LogP contribution in [-0.4, -0.2) is 52.2 Å². The van der Waals surface area contributed by atoms with Crippen LogP contribution in [-0.2, 0) is 4.79 Å². The quantitative estimate of drug-likeness (QED) is 0.639. The summed E-state index contributed by atoms with van der Waals surface area (Å²) in [6.07, 6.45) is 5.45. The number of urea groups is 1. The summed E-state index contributed by atoms with van der Waals surface area (Å²) in [5, 5.41) is 15.1. The van der Waals surface area contributed by atoms with Crippen molar-refractivity contribution in [2.24, 2.45) is 0 Å². The molecular weight excluding hydrogens is 296 g/mol. The summed E-state index contributed by atoms with van der Waals surface area (Å²) in [6, 6.07) is -0.982. The lowest BCUT2D eigenvalue weighted by molar-refractivity contribution is -0.139. The van der Waals surface area contributed by atoms with Crippen LogP contribution in [0.25, 0.3) is 0 Å². The molecule has 0 bridgehead atoms. The highest BCUT2D eigenvalue weighted by molar-refractivity contribution is 7.99. The molecule has 3 unspecified atom stereocenters. The standard InChI is InChI=1S/C13H24N2O3S2/c1-3-20-10-5-4-9(8-10)14-13(18)15-11(12(16)17)6-7-19-2/h9-11H,3-8H2,1-2H3,(H,16,17)(H2,14,15,18). The van der Waals surface area contributed by atoms with Crippen molar-refractivity contribution < 1.29 is 14.7 Å². The zero-order valence-corrected chi connectivity index (χ0v) is 13.7. The number of carboxylic acid groups (broad SMARTS) is 1.